The van der Waals surface area contributed by atoms with E-state index in [2.05, 4.69) is 10.2 Å². The van der Waals surface area contributed by atoms with E-state index in [-0.39, 0.29) is 23.3 Å². The van der Waals surface area contributed by atoms with Gasteiger partial charge in [-0.05, 0) is 23.6 Å². The van der Waals surface area contributed by atoms with E-state index < -0.39 is 18.6 Å². The Morgan fingerprint density at radius 2 is 2.12 bits per heavy atom. The quantitative estimate of drug-likeness (QED) is 0.554. The number of carbonyl (C=O) groups excluding carboxylic acids is 1. The lowest BCUT2D eigenvalue weighted by molar-refractivity contribution is -0.161. The predicted octanol–water partition coefficient (Wildman–Crippen LogP) is 4.07. The standard InChI is InChI=1S/C15H12F3N3O3S2/c16-15(17,18)9-21(7-10-3-1-5-23-10)12(22)8-26-14-20-19-13(24-14)11-4-2-6-25-11/h1-6H,7-9H2. The molecule has 1 amide bonds. The van der Waals surface area contributed by atoms with E-state index in [4.69, 9.17) is 8.83 Å². The highest BCUT2D eigenvalue weighted by Gasteiger charge is 2.33. The van der Waals surface area contributed by atoms with Gasteiger partial charge in [-0.1, -0.05) is 17.8 Å². The number of alkyl halides is 3. The molecule has 0 aliphatic rings. The van der Waals surface area contributed by atoms with E-state index in [9.17, 15) is 18.0 Å². The number of hydrogen-bond acceptors (Lipinski definition) is 7. The Morgan fingerprint density at radius 1 is 1.27 bits per heavy atom. The average molecular weight is 403 g/mol. The van der Waals surface area contributed by atoms with Crippen LogP contribution >= 0.6 is 23.1 Å². The second-order valence-corrected chi connectivity index (χ2v) is 6.96. The molecular weight excluding hydrogens is 391 g/mol. The maximum Gasteiger partial charge on any atom is 0.406 e. The summed E-state index contributed by atoms with van der Waals surface area (Å²) in [6, 6.07) is 6.68. The van der Waals surface area contributed by atoms with Gasteiger partial charge >= 0.3 is 6.18 Å². The van der Waals surface area contributed by atoms with Gasteiger partial charge in [-0.25, -0.2) is 0 Å². The summed E-state index contributed by atoms with van der Waals surface area (Å²) >= 11 is 2.30. The molecule has 0 aliphatic heterocycles. The monoisotopic (exact) mass is 403 g/mol. The summed E-state index contributed by atoms with van der Waals surface area (Å²) in [5.74, 6) is -0.397. The zero-order valence-corrected chi connectivity index (χ0v) is 14.7. The van der Waals surface area contributed by atoms with Gasteiger partial charge in [-0.15, -0.1) is 21.5 Å². The summed E-state index contributed by atoms with van der Waals surface area (Å²) in [6.07, 6.45) is -3.17. The van der Waals surface area contributed by atoms with Crippen molar-refractivity contribution in [2.45, 2.75) is 17.9 Å². The van der Waals surface area contributed by atoms with Crippen LogP contribution in [-0.2, 0) is 11.3 Å². The maximum atomic E-state index is 12.7. The van der Waals surface area contributed by atoms with Crippen LogP contribution in [0.15, 0.2) is 50.0 Å². The van der Waals surface area contributed by atoms with Gasteiger partial charge in [-0.3, -0.25) is 4.79 Å². The van der Waals surface area contributed by atoms with Crippen molar-refractivity contribution in [3.05, 3.63) is 41.7 Å². The Bertz CT molecular complexity index is 832. The van der Waals surface area contributed by atoms with Gasteiger partial charge < -0.3 is 13.7 Å². The molecule has 3 rings (SSSR count). The molecule has 0 bridgehead atoms. The van der Waals surface area contributed by atoms with Gasteiger partial charge in [0.2, 0.25) is 5.91 Å². The second kappa shape index (κ2) is 7.96. The number of furan rings is 1. The molecule has 0 unspecified atom stereocenters. The fraction of sp³-hybridized carbons (Fsp3) is 0.267. The SMILES string of the molecule is O=C(CSc1nnc(-c2cccs2)o1)N(Cc1ccco1)CC(F)(F)F. The summed E-state index contributed by atoms with van der Waals surface area (Å²) in [4.78, 5) is 13.7. The van der Waals surface area contributed by atoms with Crippen molar-refractivity contribution in [3.8, 4) is 10.8 Å². The first-order valence-electron chi connectivity index (χ1n) is 7.28. The third-order valence-electron chi connectivity index (χ3n) is 3.11. The fourth-order valence-corrected chi connectivity index (χ4v) is 3.33. The maximum absolute atomic E-state index is 12.7. The van der Waals surface area contributed by atoms with E-state index >= 15 is 0 Å². The third kappa shape index (κ3) is 5.11. The van der Waals surface area contributed by atoms with Crippen molar-refractivity contribution < 1.29 is 26.8 Å². The summed E-state index contributed by atoms with van der Waals surface area (Å²) in [5, 5.41) is 9.61. The molecule has 0 saturated carbocycles. The smallest absolute Gasteiger partial charge is 0.406 e. The molecule has 3 aromatic heterocycles. The largest absolute Gasteiger partial charge is 0.467 e. The molecule has 0 spiro atoms. The number of nitrogens with zero attached hydrogens (tertiary/aromatic N) is 3. The van der Waals surface area contributed by atoms with E-state index in [0.29, 0.717) is 10.8 Å². The van der Waals surface area contributed by atoms with Crippen LogP contribution in [0, 0.1) is 0 Å². The van der Waals surface area contributed by atoms with Crippen molar-refractivity contribution in [1.82, 2.24) is 15.1 Å². The topological polar surface area (TPSA) is 72.4 Å². The highest BCUT2D eigenvalue weighted by Crippen LogP contribution is 2.27. The van der Waals surface area contributed by atoms with E-state index in [0.717, 1.165) is 16.6 Å². The normalized spacial score (nSPS) is 11.7. The number of thiophene rings is 1. The third-order valence-corrected chi connectivity index (χ3v) is 4.77. The number of amides is 1. The lowest BCUT2D eigenvalue weighted by atomic mass is 10.3. The number of halogens is 3. The molecule has 0 aliphatic carbocycles. The van der Waals surface area contributed by atoms with Crippen LogP contribution in [0.2, 0.25) is 0 Å². The van der Waals surface area contributed by atoms with Gasteiger partial charge in [-0.2, -0.15) is 13.2 Å². The Balaban J connectivity index is 1.61. The van der Waals surface area contributed by atoms with E-state index in [1.54, 1.807) is 12.1 Å². The second-order valence-electron chi connectivity index (χ2n) is 5.08. The van der Waals surface area contributed by atoms with Crippen LogP contribution in [0.4, 0.5) is 13.2 Å². The van der Waals surface area contributed by atoms with Crippen molar-refractivity contribution >= 4 is 29.0 Å². The summed E-state index contributed by atoms with van der Waals surface area (Å²) in [5.41, 5.74) is 0. The summed E-state index contributed by atoms with van der Waals surface area (Å²) in [7, 11) is 0. The number of rotatable bonds is 7. The molecule has 26 heavy (non-hydrogen) atoms. The van der Waals surface area contributed by atoms with Crippen molar-refractivity contribution in [1.29, 1.82) is 0 Å². The zero-order chi connectivity index (χ0) is 18.6. The number of aromatic nitrogens is 2. The minimum absolute atomic E-state index is 0.117. The zero-order valence-electron chi connectivity index (χ0n) is 13.1. The van der Waals surface area contributed by atoms with Crippen molar-refractivity contribution in [2.75, 3.05) is 12.3 Å². The van der Waals surface area contributed by atoms with Crippen LogP contribution < -0.4 is 0 Å². The van der Waals surface area contributed by atoms with Crippen LogP contribution in [0.1, 0.15) is 5.76 Å². The lowest BCUT2D eigenvalue weighted by Gasteiger charge is -2.22. The van der Waals surface area contributed by atoms with Gasteiger partial charge in [0.1, 0.15) is 12.3 Å². The highest BCUT2D eigenvalue weighted by molar-refractivity contribution is 7.99. The lowest BCUT2D eigenvalue weighted by Crippen LogP contribution is -2.39. The molecule has 6 nitrogen and oxygen atoms in total. The van der Waals surface area contributed by atoms with Crippen LogP contribution in [0.3, 0.4) is 0 Å². The highest BCUT2D eigenvalue weighted by atomic mass is 32.2. The van der Waals surface area contributed by atoms with Gasteiger partial charge in [0.05, 0.1) is 23.4 Å². The Morgan fingerprint density at radius 3 is 2.77 bits per heavy atom. The molecule has 0 N–H and O–H groups in total. The molecule has 0 aromatic carbocycles. The van der Waals surface area contributed by atoms with Crippen LogP contribution in [0.25, 0.3) is 10.8 Å². The molecule has 11 heteroatoms. The predicted molar refractivity (Wildman–Crippen MR) is 88.5 cm³/mol. The molecule has 138 valence electrons. The fourth-order valence-electron chi connectivity index (χ4n) is 2.02. The van der Waals surface area contributed by atoms with E-state index in [1.165, 1.54) is 23.7 Å². The molecule has 0 radical (unpaired) electrons. The first-order valence-corrected chi connectivity index (χ1v) is 9.14. The Labute approximate surface area is 154 Å². The summed E-state index contributed by atoms with van der Waals surface area (Å²) in [6.45, 7) is -1.63. The Hall–Kier alpha value is -2.27. The Kier molecular flexibility index (Phi) is 5.67. The van der Waals surface area contributed by atoms with Crippen molar-refractivity contribution in [2.24, 2.45) is 0 Å². The number of thioether (sulfide) groups is 1. The molecule has 0 saturated heterocycles. The molecule has 0 fully saturated rings. The van der Waals surface area contributed by atoms with Gasteiger partial charge in [0.15, 0.2) is 0 Å². The van der Waals surface area contributed by atoms with Crippen LogP contribution in [0.5, 0.6) is 0 Å². The van der Waals surface area contributed by atoms with Crippen molar-refractivity contribution in [3.63, 3.8) is 0 Å². The molecular formula is C15H12F3N3O3S2. The van der Waals surface area contributed by atoms with Gasteiger partial charge in [0, 0.05) is 0 Å². The molecule has 3 heterocycles. The number of carbonyl (C=O) groups is 1. The first kappa shape index (κ1) is 18.5. The minimum Gasteiger partial charge on any atom is -0.467 e. The van der Waals surface area contributed by atoms with Crippen LogP contribution in [-0.4, -0.2) is 39.5 Å². The minimum atomic E-state index is -4.51. The summed E-state index contributed by atoms with van der Waals surface area (Å²) < 4.78 is 48.7. The average Bonchev–Trinajstić information content (AvgIpc) is 3.31. The molecule has 0 atom stereocenters. The number of hydrogen-bond donors (Lipinski definition) is 0. The first-order chi connectivity index (χ1) is 12.4. The van der Waals surface area contributed by atoms with E-state index in [1.807, 2.05) is 11.4 Å². The van der Waals surface area contributed by atoms with Gasteiger partial charge in [0.25, 0.3) is 11.1 Å². The molecule has 3 aromatic rings.